The van der Waals surface area contributed by atoms with Crippen LogP contribution in [-0.4, -0.2) is 5.11 Å². The lowest BCUT2D eigenvalue weighted by molar-refractivity contribution is 0.407. The van der Waals surface area contributed by atoms with Gasteiger partial charge in [0.05, 0.1) is 0 Å². The van der Waals surface area contributed by atoms with E-state index in [4.69, 9.17) is 5.11 Å². The zero-order chi connectivity index (χ0) is 10.3. The van der Waals surface area contributed by atoms with Gasteiger partial charge in [0.15, 0.2) is 0 Å². The van der Waals surface area contributed by atoms with Gasteiger partial charge >= 0.3 is 0 Å². The minimum Gasteiger partial charge on any atom is -0.508 e. The number of aliphatic hydroxyl groups excluding tert-OH is 1. The SMILES string of the molecule is C=CC(O)=CCCC(C)CC(C)C. The molecule has 1 atom stereocenters. The van der Waals surface area contributed by atoms with Crippen molar-refractivity contribution in [2.24, 2.45) is 11.8 Å². The molecule has 0 aliphatic rings. The molecule has 0 heterocycles. The zero-order valence-corrected chi connectivity index (χ0v) is 9.09. The molecule has 1 heteroatoms. The maximum absolute atomic E-state index is 9.10. The van der Waals surface area contributed by atoms with E-state index in [9.17, 15) is 0 Å². The van der Waals surface area contributed by atoms with Crippen LogP contribution in [0.3, 0.4) is 0 Å². The molecule has 1 unspecified atom stereocenters. The van der Waals surface area contributed by atoms with Crippen LogP contribution in [-0.2, 0) is 0 Å². The van der Waals surface area contributed by atoms with E-state index in [0.29, 0.717) is 5.76 Å². The molecule has 0 aliphatic heterocycles. The van der Waals surface area contributed by atoms with Crippen LogP contribution >= 0.6 is 0 Å². The highest BCUT2D eigenvalue weighted by Crippen LogP contribution is 2.16. The second-order valence-corrected chi connectivity index (χ2v) is 4.15. The summed E-state index contributed by atoms with van der Waals surface area (Å²) in [6.07, 6.45) is 6.68. The summed E-state index contributed by atoms with van der Waals surface area (Å²) in [5.74, 6) is 1.82. The molecule has 0 amide bonds. The van der Waals surface area contributed by atoms with E-state index < -0.39 is 0 Å². The van der Waals surface area contributed by atoms with E-state index in [1.165, 1.54) is 12.5 Å². The first-order valence-electron chi connectivity index (χ1n) is 5.07. The van der Waals surface area contributed by atoms with Crippen molar-refractivity contribution in [3.8, 4) is 0 Å². The Kier molecular flexibility index (Phi) is 6.38. The standard InChI is InChI=1S/C12H22O/c1-5-12(13)8-6-7-11(4)9-10(2)3/h5,8,10-11,13H,1,6-7,9H2,2-4H3. The van der Waals surface area contributed by atoms with Gasteiger partial charge in [0.2, 0.25) is 0 Å². The summed E-state index contributed by atoms with van der Waals surface area (Å²) in [5, 5.41) is 9.10. The third kappa shape index (κ3) is 7.63. The van der Waals surface area contributed by atoms with Gasteiger partial charge in [0.25, 0.3) is 0 Å². The molecule has 1 nitrogen and oxygen atoms in total. The van der Waals surface area contributed by atoms with Gasteiger partial charge in [-0.05, 0) is 43.3 Å². The fourth-order valence-electron chi connectivity index (χ4n) is 1.52. The molecule has 76 valence electrons. The quantitative estimate of drug-likeness (QED) is 0.485. The molecular weight excluding hydrogens is 160 g/mol. The normalized spacial score (nSPS) is 14.6. The molecule has 0 saturated heterocycles. The second kappa shape index (κ2) is 6.76. The van der Waals surface area contributed by atoms with Crippen molar-refractivity contribution < 1.29 is 5.11 Å². The van der Waals surface area contributed by atoms with Crippen molar-refractivity contribution in [1.29, 1.82) is 0 Å². The summed E-state index contributed by atoms with van der Waals surface area (Å²) in [7, 11) is 0. The minimum atomic E-state index is 0.303. The first-order chi connectivity index (χ1) is 6.06. The number of rotatable bonds is 6. The Morgan fingerprint density at radius 2 is 2.00 bits per heavy atom. The van der Waals surface area contributed by atoms with Gasteiger partial charge in [-0.15, -0.1) is 0 Å². The lowest BCUT2D eigenvalue weighted by Crippen LogP contribution is -1.99. The molecule has 13 heavy (non-hydrogen) atoms. The Hall–Kier alpha value is -0.720. The molecule has 0 rings (SSSR count). The van der Waals surface area contributed by atoms with E-state index in [2.05, 4.69) is 27.4 Å². The Morgan fingerprint density at radius 1 is 1.38 bits per heavy atom. The average molecular weight is 182 g/mol. The lowest BCUT2D eigenvalue weighted by Gasteiger charge is -2.12. The van der Waals surface area contributed by atoms with E-state index in [1.54, 1.807) is 0 Å². The lowest BCUT2D eigenvalue weighted by atomic mass is 9.95. The summed E-state index contributed by atoms with van der Waals surface area (Å²) >= 11 is 0. The van der Waals surface area contributed by atoms with Crippen LogP contribution in [0, 0.1) is 11.8 Å². The summed E-state index contributed by atoms with van der Waals surface area (Å²) in [4.78, 5) is 0. The Bertz CT molecular complexity index is 168. The molecular formula is C12H22O. The van der Waals surface area contributed by atoms with Gasteiger partial charge in [0, 0.05) is 0 Å². The van der Waals surface area contributed by atoms with Crippen LogP contribution in [0.5, 0.6) is 0 Å². The molecule has 0 aliphatic carbocycles. The monoisotopic (exact) mass is 182 g/mol. The van der Waals surface area contributed by atoms with Gasteiger partial charge in [-0.1, -0.05) is 27.4 Å². The van der Waals surface area contributed by atoms with Crippen molar-refractivity contribution >= 4 is 0 Å². The van der Waals surface area contributed by atoms with Gasteiger partial charge < -0.3 is 5.11 Å². The molecule has 1 N–H and O–H groups in total. The third-order valence-electron chi connectivity index (χ3n) is 2.10. The highest BCUT2D eigenvalue weighted by molar-refractivity contribution is 5.05. The van der Waals surface area contributed by atoms with Crippen molar-refractivity contribution in [3.05, 3.63) is 24.5 Å². The first kappa shape index (κ1) is 12.3. The number of hydrogen-bond donors (Lipinski definition) is 1. The Labute approximate surface area is 82.2 Å². The molecule has 0 saturated carbocycles. The summed E-state index contributed by atoms with van der Waals surface area (Å²) < 4.78 is 0. The van der Waals surface area contributed by atoms with Gasteiger partial charge in [-0.2, -0.15) is 0 Å². The third-order valence-corrected chi connectivity index (χ3v) is 2.10. The van der Waals surface area contributed by atoms with E-state index in [1.807, 2.05) is 6.08 Å². The number of allylic oxidation sites excluding steroid dienone is 2. The predicted molar refractivity (Wildman–Crippen MR) is 58.8 cm³/mol. The highest BCUT2D eigenvalue weighted by atomic mass is 16.3. The molecule has 0 aromatic carbocycles. The van der Waals surface area contributed by atoms with Crippen LogP contribution in [0.1, 0.15) is 40.0 Å². The van der Waals surface area contributed by atoms with Crippen molar-refractivity contribution in [3.63, 3.8) is 0 Å². The van der Waals surface area contributed by atoms with Gasteiger partial charge in [0.1, 0.15) is 5.76 Å². The molecule has 0 fully saturated rings. The van der Waals surface area contributed by atoms with Crippen LogP contribution < -0.4 is 0 Å². The van der Waals surface area contributed by atoms with Crippen molar-refractivity contribution in [2.45, 2.75) is 40.0 Å². The van der Waals surface area contributed by atoms with Crippen LogP contribution in [0.2, 0.25) is 0 Å². The molecule has 0 radical (unpaired) electrons. The van der Waals surface area contributed by atoms with Gasteiger partial charge in [-0.25, -0.2) is 0 Å². The molecule has 0 spiro atoms. The Morgan fingerprint density at radius 3 is 2.46 bits per heavy atom. The smallest absolute Gasteiger partial charge is 0.111 e. The predicted octanol–water partition coefficient (Wildman–Crippen LogP) is 4.08. The van der Waals surface area contributed by atoms with E-state index in [0.717, 1.165) is 24.7 Å². The number of hydrogen-bond acceptors (Lipinski definition) is 1. The molecule has 0 aromatic heterocycles. The maximum atomic E-state index is 9.10. The summed E-state index contributed by atoms with van der Waals surface area (Å²) in [6.45, 7) is 10.2. The maximum Gasteiger partial charge on any atom is 0.111 e. The average Bonchev–Trinajstić information content (AvgIpc) is 2.02. The minimum absolute atomic E-state index is 0.303. The molecule has 0 aromatic rings. The van der Waals surface area contributed by atoms with Crippen LogP contribution in [0.25, 0.3) is 0 Å². The van der Waals surface area contributed by atoms with Gasteiger partial charge in [-0.3, -0.25) is 0 Å². The topological polar surface area (TPSA) is 20.2 Å². The Balaban J connectivity index is 3.58. The van der Waals surface area contributed by atoms with E-state index in [-0.39, 0.29) is 0 Å². The van der Waals surface area contributed by atoms with Crippen LogP contribution in [0.15, 0.2) is 24.5 Å². The van der Waals surface area contributed by atoms with Crippen molar-refractivity contribution in [2.75, 3.05) is 0 Å². The largest absolute Gasteiger partial charge is 0.508 e. The van der Waals surface area contributed by atoms with E-state index >= 15 is 0 Å². The highest BCUT2D eigenvalue weighted by Gasteiger charge is 2.03. The summed E-state index contributed by atoms with van der Waals surface area (Å²) in [5.41, 5.74) is 0. The fourth-order valence-corrected chi connectivity index (χ4v) is 1.52. The zero-order valence-electron chi connectivity index (χ0n) is 9.09. The first-order valence-corrected chi connectivity index (χ1v) is 5.07. The fraction of sp³-hybridized carbons (Fsp3) is 0.667. The molecule has 0 bridgehead atoms. The number of aliphatic hydroxyl groups is 1. The second-order valence-electron chi connectivity index (χ2n) is 4.15. The van der Waals surface area contributed by atoms with Crippen LogP contribution in [0.4, 0.5) is 0 Å². The van der Waals surface area contributed by atoms with Crippen molar-refractivity contribution in [1.82, 2.24) is 0 Å². The summed E-state index contributed by atoms with van der Waals surface area (Å²) in [6, 6.07) is 0.